The van der Waals surface area contributed by atoms with Gasteiger partial charge in [0.1, 0.15) is 0 Å². The van der Waals surface area contributed by atoms with Crippen LogP contribution in [0.25, 0.3) is 0 Å². The molecule has 0 bridgehead atoms. The van der Waals surface area contributed by atoms with Crippen LogP contribution in [0.4, 0.5) is 13.2 Å². The molecular weight excluding hydrogens is 343 g/mol. The number of benzene rings is 1. The molecule has 0 radical (unpaired) electrons. The molecule has 2 aromatic rings. The second-order valence-electron chi connectivity index (χ2n) is 6.85. The molecule has 0 spiro atoms. The Kier molecular flexibility index (Phi) is 5.39. The third-order valence-electron chi connectivity index (χ3n) is 4.96. The van der Waals surface area contributed by atoms with Crippen LogP contribution in [0.2, 0.25) is 0 Å². The normalized spacial score (nSPS) is 20.6. The first kappa shape index (κ1) is 18.5. The monoisotopic (exact) mass is 365 g/mol. The van der Waals surface area contributed by atoms with Crippen LogP contribution in [0.3, 0.4) is 0 Å². The van der Waals surface area contributed by atoms with Gasteiger partial charge >= 0.3 is 6.18 Å². The van der Waals surface area contributed by atoms with E-state index >= 15 is 0 Å². The van der Waals surface area contributed by atoms with Gasteiger partial charge in [-0.2, -0.15) is 13.2 Å². The number of furan rings is 1. The van der Waals surface area contributed by atoms with Crippen molar-refractivity contribution in [1.82, 2.24) is 5.32 Å². The molecule has 1 fully saturated rings. The SMILES string of the molecule is CCCC[C@@H]1C[C@H]1[C@@H](NC(=O)c1ccco1)c1ccc(C(F)(F)F)cc1. The van der Waals surface area contributed by atoms with Crippen LogP contribution in [0, 0.1) is 11.8 Å². The molecule has 0 aliphatic heterocycles. The molecule has 1 N–H and O–H groups in total. The van der Waals surface area contributed by atoms with Gasteiger partial charge in [-0.1, -0.05) is 38.3 Å². The van der Waals surface area contributed by atoms with Crippen molar-refractivity contribution in [2.45, 2.75) is 44.8 Å². The minimum Gasteiger partial charge on any atom is -0.459 e. The summed E-state index contributed by atoms with van der Waals surface area (Å²) in [5.41, 5.74) is 0.0117. The predicted octanol–water partition coefficient (Wildman–Crippen LogP) is 5.60. The van der Waals surface area contributed by atoms with Crippen LogP contribution in [0.15, 0.2) is 47.1 Å². The van der Waals surface area contributed by atoms with E-state index in [2.05, 4.69) is 12.2 Å². The van der Waals surface area contributed by atoms with E-state index in [1.165, 1.54) is 18.4 Å². The molecule has 1 aromatic heterocycles. The van der Waals surface area contributed by atoms with Crippen molar-refractivity contribution >= 4 is 5.91 Å². The highest BCUT2D eigenvalue weighted by molar-refractivity contribution is 5.91. The number of carbonyl (C=O) groups is 1. The third kappa shape index (κ3) is 4.29. The highest BCUT2D eigenvalue weighted by Gasteiger charge is 2.43. The molecular formula is C20H22F3NO2. The fourth-order valence-corrected chi connectivity index (χ4v) is 3.41. The number of halogens is 3. The van der Waals surface area contributed by atoms with Gasteiger partial charge in [0.25, 0.3) is 5.91 Å². The summed E-state index contributed by atoms with van der Waals surface area (Å²) in [7, 11) is 0. The Morgan fingerprint density at radius 3 is 2.58 bits per heavy atom. The van der Waals surface area contributed by atoms with Crippen LogP contribution >= 0.6 is 0 Å². The van der Waals surface area contributed by atoms with Crippen molar-refractivity contribution < 1.29 is 22.4 Å². The highest BCUT2D eigenvalue weighted by atomic mass is 19.4. The number of alkyl halides is 3. The van der Waals surface area contributed by atoms with Crippen LogP contribution in [0.5, 0.6) is 0 Å². The first-order valence-corrected chi connectivity index (χ1v) is 8.91. The predicted molar refractivity (Wildman–Crippen MR) is 91.5 cm³/mol. The quantitative estimate of drug-likeness (QED) is 0.694. The van der Waals surface area contributed by atoms with Gasteiger partial charge in [0.2, 0.25) is 0 Å². The lowest BCUT2D eigenvalue weighted by Crippen LogP contribution is -2.30. The smallest absolute Gasteiger partial charge is 0.416 e. The van der Waals surface area contributed by atoms with Crippen molar-refractivity contribution in [3.8, 4) is 0 Å². The van der Waals surface area contributed by atoms with E-state index in [1.54, 1.807) is 12.1 Å². The summed E-state index contributed by atoms with van der Waals surface area (Å²) in [5, 5.41) is 2.95. The summed E-state index contributed by atoms with van der Waals surface area (Å²) in [5.74, 6) is 0.602. The van der Waals surface area contributed by atoms with Gasteiger partial charge in [-0.05, 0) is 48.1 Å². The molecule has 6 heteroatoms. The van der Waals surface area contributed by atoms with E-state index in [4.69, 9.17) is 4.42 Å². The van der Waals surface area contributed by atoms with Gasteiger partial charge in [0.05, 0.1) is 17.9 Å². The Morgan fingerprint density at radius 2 is 2.00 bits per heavy atom. The number of unbranched alkanes of at least 4 members (excludes halogenated alkanes) is 1. The summed E-state index contributed by atoms with van der Waals surface area (Å²) in [6.07, 6.45) is 1.33. The molecule has 1 heterocycles. The van der Waals surface area contributed by atoms with E-state index in [0.29, 0.717) is 11.5 Å². The molecule has 26 heavy (non-hydrogen) atoms. The van der Waals surface area contributed by atoms with Crippen molar-refractivity contribution in [3.63, 3.8) is 0 Å². The molecule has 3 rings (SSSR count). The van der Waals surface area contributed by atoms with Gasteiger partial charge in [-0.25, -0.2) is 0 Å². The Balaban J connectivity index is 1.78. The number of amides is 1. The largest absolute Gasteiger partial charge is 0.459 e. The van der Waals surface area contributed by atoms with E-state index in [-0.39, 0.29) is 23.6 Å². The van der Waals surface area contributed by atoms with Gasteiger partial charge in [0, 0.05) is 0 Å². The molecule has 1 aromatic carbocycles. The van der Waals surface area contributed by atoms with Crippen molar-refractivity contribution in [2.24, 2.45) is 11.8 Å². The summed E-state index contributed by atoms with van der Waals surface area (Å²) in [6.45, 7) is 2.13. The summed E-state index contributed by atoms with van der Waals surface area (Å²) < 4.78 is 43.5. The molecule has 1 amide bonds. The lowest BCUT2D eigenvalue weighted by atomic mass is 9.98. The Morgan fingerprint density at radius 1 is 1.27 bits per heavy atom. The first-order valence-electron chi connectivity index (χ1n) is 8.91. The average molecular weight is 365 g/mol. The average Bonchev–Trinajstić information content (AvgIpc) is 3.15. The third-order valence-corrected chi connectivity index (χ3v) is 4.96. The second kappa shape index (κ2) is 7.56. The van der Waals surface area contributed by atoms with Crippen LogP contribution < -0.4 is 5.32 Å². The van der Waals surface area contributed by atoms with Gasteiger partial charge < -0.3 is 9.73 Å². The van der Waals surface area contributed by atoms with Crippen LogP contribution in [-0.4, -0.2) is 5.91 Å². The molecule has 0 unspecified atom stereocenters. The fraction of sp³-hybridized carbons (Fsp3) is 0.450. The maximum absolute atomic E-state index is 12.8. The van der Waals surface area contributed by atoms with Crippen molar-refractivity contribution in [2.75, 3.05) is 0 Å². The molecule has 1 aliphatic carbocycles. The van der Waals surface area contributed by atoms with Gasteiger partial charge in [-0.3, -0.25) is 4.79 Å². The minimum atomic E-state index is -4.37. The molecule has 3 nitrogen and oxygen atoms in total. The lowest BCUT2D eigenvalue weighted by molar-refractivity contribution is -0.137. The summed E-state index contributed by atoms with van der Waals surface area (Å²) >= 11 is 0. The standard InChI is InChI=1S/C20H22F3NO2/c1-2-3-5-14-12-16(14)18(24-19(25)17-6-4-11-26-17)13-7-9-15(10-8-13)20(21,22)23/h4,6-11,14,16,18H,2-3,5,12H2,1H3,(H,24,25)/t14-,16-,18+/m1/s1. The van der Waals surface area contributed by atoms with Crippen molar-refractivity contribution in [1.29, 1.82) is 0 Å². The zero-order valence-corrected chi connectivity index (χ0v) is 14.6. The number of carbonyl (C=O) groups excluding carboxylic acids is 1. The summed E-state index contributed by atoms with van der Waals surface area (Å²) in [6, 6.07) is 7.96. The Labute approximate surface area is 150 Å². The van der Waals surface area contributed by atoms with Crippen LogP contribution in [0.1, 0.15) is 60.3 Å². The topological polar surface area (TPSA) is 42.2 Å². The molecule has 3 atom stereocenters. The van der Waals surface area contributed by atoms with Crippen LogP contribution in [-0.2, 0) is 6.18 Å². The van der Waals surface area contributed by atoms with E-state index in [9.17, 15) is 18.0 Å². The summed E-state index contributed by atoms with van der Waals surface area (Å²) in [4.78, 5) is 12.4. The van der Waals surface area contributed by atoms with Gasteiger partial charge in [0.15, 0.2) is 5.76 Å². The van der Waals surface area contributed by atoms with Gasteiger partial charge in [-0.15, -0.1) is 0 Å². The zero-order chi connectivity index (χ0) is 18.7. The number of nitrogens with one attached hydrogen (secondary N) is 1. The van der Waals surface area contributed by atoms with Crippen molar-refractivity contribution in [3.05, 3.63) is 59.5 Å². The van der Waals surface area contributed by atoms with E-state index < -0.39 is 11.7 Å². The number of hydrogen-bond donors (Lipinski definition) is 1. The Bertz CT molecular complexity index is 723. The second-order valence-corrected chi connectivity index (χ2v) is 6.85. The molecule has 140 valence electrons. The zero-order valence-electron chi connectivity index (χ0n) is 14.6. The van der Waals surface area contributed by atoms with E-state index in [0.717, 1.165) is 37.8 Å². The maximum atomic E-state index is 12.8. The lowest BCUT2D eigenvalue weighted by Gasteiger charge is -2.20. The molecule has 0 saturated heterocycles. The first-order chi connectivity index (χ1) is 12.4. The fourth-order valence-electron chi connectivity index (χ4n) is 3.41. The number of hydrogen-bond acceptors (Lipinski definition) is 2. The molecule has 1 saturated carbocycles. The highest BCUT2D eigenvalue weighted by Crippen LogP contribution is 2.50. The Hall–Kier alpha value is -2.24. The molecule has 1 aliphatic rings. The maximum Gasteiger partial charge on any atom is 0.416 e. The van der Waals surface area contributed by atoms with E-state index in [1.807, 2.05) is 0 Å². The minimum absolute atomic E-state index is 0.202. The number of rotatable bonds is 7.